The molecule has 0 spiro atoms. The number of rotatable bonds is 4. The SMILES string of the molecule is CC(C)(C)[Si](Cl)(CCC[Si](Cl)(C(C)(C)C)C(C)(C)C)C(C)(C)C. The van der Waals surface area contributed by atoms with Crippen LogP contribution in [0.5, 0.6) is 0 Å². The summed E-state index contributed by atoms with van der Waals surface area (Å²) >= 11 is 14.7. The molecule has 0 atom stereocenters. The summed E-state index contributed by atoms with van der Waals surface area (Å²) in [5.74, 6) is 0. The summed E-state index contributed by atoms with van der Waals surface area (Å²) in [5, 5.41) is 0.805. The molecule has 0 nitrogen and oxygen atoms in total. The Kier molecular flexibility index (Phi) is 7.27. The summed E-state index contributed by atoms with van der Waals surface area (Å²) in [5.41, 5.74) is 0. The second-order valence-corrected chi connectivity index (χ2v) is 25.5. The first-order chi connectivity index (χ1) is 9.71. The summed E-state index contributed by atoms with van der Waals surface area (Å²) in [6.45, 7) is 28.0. The van der Waals surface area contributed by atoms with Crippen molar-refractivity contribution in [2.75, 3.05) is 0 Å². The van der Waals surface area contributed by atoms with Crippen LogP contribution in [0.4, 0.5) is 0 Å². The van der Waals surface area contributed by atoms with Crippen molar-refractivity contribution in [2.45, 2.75) is 122 Å². The van der Waals surface area contributed by atoms with Crippen LogP contribution in [-0.2, 0) is 0 Å². The molecule has 0 aromatic heterocycles. The zero-order valence-corrected chi connectivity index (χ0v) is 21.4. The second-order valence-electron chi connectivity index (χ2n) is 11.5. The first kappa shape index (κ1) is 24.0. The van der Waals surface area contributed by atoms with Gasteiger partial charge in [-0.2, -0.15) is 22.2 Å². The summed E-state index contributed by atoms with van der Waals surface area (Å²) in [6, 6.07) is 2.32. The molecule has 0 aromatic rings. The van der Waals surface area contributed by atoms with Crippen molar-refractivity contribution in [3.8, 4) is 0 Å². The van der Waals surface area contributed by atoms with Gasteiger partial charge in [-0.05, 0) is 32.2 Å². The molecule has 0 bridgehead atoms. The van der Waals surface area contributed by atoms with E-state index in [1.165, 1.54) is 6.42 Å². The molecule has 0 aliphatic heterocycles. The molecule has 0 radical (unpaired) electrons. The normalized spacial score (nSPS) is 15.9. The summed E-state index contributed by atoms with van der Waals surface area (Å²) in [7, 11) is -3.87. The van der Waals surface area contributed by atoms with E-state index in [4.69, 9.17) is 22.2 Å². The van der Waals surface area contributed by atoms with E-state index < -0.39 is 14.8 Å². The highest BCUT2D eigenvalue weighted by atomic mass is 35.6. The number of halogens is 2. The highest BCUT2D eigenvalue weighted by Gasteiger charge is 2.54. The summed E-state index contributed by atoms with van der Waals surface area (Å²) < 4.78 is 0. The Morgan fingerprint density at radius 3 is 0.783 bits per heavy atom. The molecule has 0 N–H and O–H groups in total. The third kappa shape index (κ3) is 5.02. The second kappa shape index (κ2) is 6.97. The van der Waals surface area contributed by atoms with Gasteiger partial charge in [0.25, 0.3) is 0 Å². The molecule has 4 heteroatoms. The lowest BCUT2D eigenvalue weighted by Crippen LogP contribution is -2.49. The van der Waals surface area contributed by atoms with Gasteiger partial charge in [-0.1, -0.05) is 89.5 Å². The number of hydrogen-bond donors (Lipinski definition) is 0. The van der Waals surface area contributed by atoms with Crippen LogP contribution in [0.1, 0.15) is 89.5 Å². The van der Waals surface area contributed by atoms with Crippen molar-refractivity contribution in [3.05, 3.63) is 0 Å². The maximum Gasteiger partial charge on any atom is 0.167 e. The van der Waals surface area contributed by atoms with Gasteiger partial charge in [0.2, 0.25) is 0 Å². The Morgan fingerprint density at radius 2 is 0.652 bits per heavy atom. The first-order valence-corrected chi connectivity index (χ1v) is 15.5. The molecule has 0 heterocycles. The van der Waals surface area contributed by atoms with Crippen LogP contribution in [-0.4, -0.2) is 14.8 Å². The fourth-order valence-electron chi connectivity index (χ4n) is 4.33. The van der Waals surface area contributed by atoms with Crippen LogP contribution < -0.4 is 0 Å². The third-order valence-electron chi connectivity index (χ3n) is 5.80. The van der Waals surface area contributed by atoms with Crippen LogP contribution in [0, 0.1) is 0 Å². The van der Waals surface area contributed by atoms with E-state index in [1.807, 2.05) is 0 Å². The topological polar surface area (TPSA) is 0 Å². The van der Waals surface area contributed by atoms with Crippen LogP contribution in [0.15, 0.2) is 0 Å². The smallest absolute Gasteiger partial charge is 0.166 e. The Hall–Kier alpha value is 1.01. The average molecular weight is 398 g/mol. The molecule has 0 amide bonds. The van der Waals surface area contributed by atoms with Crippen molar-refractivity contribution in [2.24, 2.45) is 0 Å². The molecule has 0 unspecified atom stereocenters. The Morgan fingerprint density at radius 1 is 0.478 bits per heavy atom. The minimum atomic E-state index is -1.93. The van der Waals surface area contributed by atoms with E-state index in [9.17, 15) is 0 Å². The van der Waals surface area contributed by atoms with Crippen LogP contribution in [0.25, 0.3) is 0 Å². The van der Waals surface area contributed by atoms with Gasteiger partial charge in [0.05, 0.1) is 0 Å². The van der Waals surface area contributed by atoms with E-state index >= 15 is 0 Å². The van der Waals surface area contributed by atoms with E-state index in [0.717, 1.165) is 12.1 Å². The fraction of sp³-hybridized carbons (Fsp3) is 1.00. The summed E-state index contributed by atoms with van der Waals surface area (Å²) in [6.07, 6.45) is 1.18. The Balaban J connectivity index is 5.38. The van der Waals surface area contributed by atoms with Crippen LogP contribution in [0.2, 0.25) is 32.2 Å². The molecule has 140 valence electrons. The van der Waals surface area contributed by atoms with E-state index in [2.05, 4.69) is 83.1 Å². The molecule has 0 saturated heterocycles. The van der Waals surface area contributed by atoms with E-state index in [1.54, 1.807) is 0 Å². The van der Waals surface area contributed by atoms with E-state index in [-0.39, 0.29) is 20.2 Å². The van der Waals surface area contributed by atoms with E-state index in [0.29, 0.717) is 0 Å². The third-order valence-corrected chi connectivity index (χ3v) is 25.3. The minimum absolute atomic E-state index is 0.201. The highest BCUT2D eigenvalue weighted by Crippen LogP contribution is 2.59. The first-order valence-electron chi connectivity index (χ1n) is 9.09. The van der Waals surface area contributed by atoms with Crippen LogP contribution >= 0.6 is 22.2 Å². The van der Waals surface area contributed by atoms with Gasteiger partial charge in [0, 0.05) is 0 Å². The molecule has 23 heavy (non-hydrogen) atoms. The zero-order valence-electron chi connectivity index (χ0n) is 17.9. The number of hydrogen-bond acceptors (Lipinski definition) is 0. The van der Waals surface area contributed by atoms with Crippen molar-refractivity contribution in [3.63, 3.8) is 0 Å². The molecular formula is C19H42Cl2Si2. The van der Waals surface area contributed by atoms with Gasteiger partial charge in [-0.3, -0.25) is 0 Å². The lowest BCUT2D eigenvalue weighted by molar-refractivity contribution is 0.610. The molecule has 0 rings (SSSR count). The molecule has 0 aliphatic rings. The monoisotopic (exact) mass is 396 g/mol. The van der Waals surface area contributed by atoms with Gasteiger partial charge >= 0.3 is 0 Å². The van der Waals surface area contributed by atoms with Gasteiger partial charge in [0.1, 0.15) is 0 Å². The quantitative estimate of drug-likeness (QED) is 0.328. The van der Waals surface area contributed by atoms with Gasteiger partial charge in [-0.25, -0.2) is 0 Å². The average Bonchev–Trinajstić information content (AvgIpc) is 2.22. The Labute approximate surface area is 158 Å². The van der Waals surface area contributed by atoms with Gasteiger partial charge in [0.15, 0.2) is 14.8 Å². The maximum atomic E-state index is 7.36. The van der Waals surface area contributed by atoms with Crippen molar-refractivity contribution < 1.29 is 0 Å². The zero-order chi connectivity index (χ0) is 19.1. The minimum Gasteiger partial charge on any atom is -0.166 e. The Bertz CT molecular complexity index is 324. The van der Waals surface area contributed by atoms with Crippen molar-refractivity contribution in [1.82, 2.24) is 0 Å². The maximum absolute atomic E-state index is 7.36. The predicted octanol–water partition coefficient (Wildman–Crippen LogP) is 8.95. The summed E-state index contributed by atoms with van der Waals surface area (Å²) in [4.78, 5) is 0. The molecule has 0 fully saturated rings. The molecule has 0 saturated carbocycles. The van der Waals surface area contributed by atoms with Gasteiger partial charge in [-0.15, -0.1) is 0 Å². The molecule has 0 aromatic carbocycles. The van der Waals surface area contributed by atoms with Gasteiger partial charge < -0.3 is 0 Å². The van der Waals surface area contributed by atoms with Crippen molar-refractivity contribution >= 4 is 36.9 Å². The lowest BCUT2D eigenvalue weighted by Gasteiger charge is -2.49. The van der Waals surface area contributed by atoms with Crippen molar-refractivity contribution in [1.29, 1.82) is 0 Å². The lowest BCUT2D eigenvalue weighted by atomic mass is 10.2. The highest BCUT2D eigenvalue weighted by molar-refractivity contribution is 7.24. The van der Waals surface area contributed by atoms with Crippen LogP contribution in [0.3, 0.4) is 0 Å². The largest absolute Gasteiger partial charge is 0.167 e. The molecule has 0 aliphatic carbocycles. The predicted molar refractivity (Wildman–Crippen MR) is 116 cm³/mol. The fourth-order valence-corrected chi connectivity index (χ4v) is 14.3. The standard InChI is InChI=1S/C19H42Cl2Si2/c1-16(2,3)22(20,17(4,5)6)14-13-15-23(21,18(7,8)9)19(10,11)12/h13-15H2,1-12H3. The molecular weight excluding hydrogens is 355 g/mol.